The Bertz CT molecular complexity index is 784. The van der Waals surface area contributed by atoms with Gasteiger partial charge in [0.2, 0.25) is 5.91 Å². The molecule has 0 radical (unpaired) electrons. The van der Waals surface area contributed by atoms with Crippen molar-refractivity contribution < 1.29 is 14.3 Å². The summed E-state index contributed by atoms with van der Waals surface area (Å²) in [5.41, 5.74) is 1.89. The van der Waals surface area contributed by atoms with Crippen LogP contribution in [0.4, 0.5) is 0 Å². The summed E-state index contributed by atoms with van der Waals surface area (Å²) in [7, 11) is 1.59. The molecule has 0 aliphatic carbocycles. The number of Topliss-reactive ketones (excluding diaryl/α,β-unsaturated/α-hetero) is 1. The molecule has 0 saturated carbocycles. The van der Waals surface area contributed by atoms with Crippen LogP contribution in [-0.2, 0) is 11.2 Å². The van der Waals surface area contributed by atoms with Crippen molar-refractivity contribution in [3.8, 4) is 5.75 Å². The largest absolute Gasteiger partial charge is 0.497 e. The first-order valence-electron chi connectivity index (χ1n) is 10.4. The lowest BCUT2D eigenvalue weighted by Crippen LogP contribution is -2.44. The molecule has 1 fully saturated rings. The summed E-state index contributed by atoms with van der Waals surface area (Å²) in [5.74, 6) is 0.623. The molecule has 3 rings (SSSR count). The van der Waals surface area contributed by atoms with Gasteiger partial charge in [-0.2, -0.15) is 0 Å². The standard InChI is InChI=1S/C24H30N2O3/c1-29-22-11-9-20(10-12-22)23(27)13-14-24(28)25-18-21(26-15-5-6-16-26)17-19-7-3-2-4-8-19/h2-4,7-12,21H,5-6,13-18H2,1H3,(H,25,28). The smallest absolute Gasteiger partial charge is 0.220 e. The molecule has 5 heteroatoms. The Morgan fingerprint density at radius 2 is 1.69 bits per heavy atom. The van der Waals surface area contributed by atoms with Gasteiger partial charge in [-0.15, -0.1) is 0 Å². The van der Waals surface area contributed by atoms with Gasteiger partial charge < -0.3 is 10.1 Å². The number of carbonyl (C=O) groups excluding carboxylic acids is 2. The highest BCUT2D eigenvalue weighted by atomic mass is 16.5. The van der Waals surface area contributed by atoms with Gasteiger partial charge in [0.1, 0.15) is 5.75 Å². The van der Waals surface area contributed by atoms with Crippen LogP contribution in [0.1, 0.15) is 41.6 Å². The fourth-order valence-electron chi connectivity index (χ4n) is 3.79. The number of ether oxygens (including phenoxy) is 1. The van der Waals surface area contributed by atoms with E-state index >= 15 is 0 Å². The number of nitrogens with one attached hydrogen (secondary N) is 1. The molecule has 2 aromatic rings. The summed E-state index contributed by atoms with van der Waals surface area (Å²) in [6.45, 7) is 2.79. The number of amides is 1. The summed E-state index contributed by atoms with van der Waals surface area (Å²) < 4.78 is 5.11. The maximum Gasteiger partial charge on any atom is 0.220 e. The highest BCUT2D eigenvalue weighted by molar-refractivity contribution is 5.98. The number of benzene rings is 2. The topological polar surface area (TPSA) is 58.6 Å². The van der Waals surface area contributed by atoms with Gasteiger partial charge in [-0.05, 0) is 62.2 Å². The first kappa shape index (κ1) is 21.1. The molecule has 1 heterocycles. The highest BCUT2D eigenvalue weighted by Crippen LogP contribution is 2.16. The Kier molecular flexibility index (Phi) is 7.82. The Morgan fingerprint density at radius 1 is 1.00 bits per heavy atom. The number of hydrogen-bond acceptors (Lipinski definition) is 4. The van der Waals surface area contributed by atoms with E-state index in [9.17, 15) is 9.59 Å². The van der Waals surface area contributed by atoms with Crippen molar-refractivity contribution in [2.45, 2.75) is 38.1 Å². The van der Waals surface area contributed by atoms with Crippen LogP contribution in [0.25, 0.3) is 0 Å². The van der Waals surface area contributed by atoms with E-state index in [1.54, 1.807) is 31.4 Å². The van der Waals surface area contributed by atoms with Gasteiger partial charge in [0, 0.05) is 31.0 Å². The lowest BCUT2D eigenvalue weighted by atomic mass is 10.0. The summed E-state index contributed by atoms with van der Waals surface area (Å²) in [6, 6.07) is 17.7. The van der Waals surface area contributed by atoms with Crippen molar-refractivity contribution >= 4 is 11.7 Å². The number of ketones is 1. The van der Waals surface area contributed by atoms with Gasteiger partial charge in [0.25, 0.3) is 0 Å². The third-order valence-electron chi connectivity index (χ3n) is 5.50. The predicted molar refractivity (Wildman–Crippen MR) is 114 cm³/mol. The van der Waals surface area contributed by atoms with E-state index in [0.717, 1.165) is 19.5 Å². The van der Waals surface area contributed by atoms with Gasteiger partial charge >= 0.3 is 0 Å². The van der Waals surface area contributed by atoms with Crippen molar-refractivity contribution in [2.75, 3.05) is 26.7 Å². The number of likely N-dealkylation sites (tertiary alicyclic amines) is 1. The number of hydrogen-bond donors (Lipinski definition) is 1. The molecular weight excluding hydrogens is 364 g/mol. The molecular formula is C24H30N2O3. The molecule has 154 valence electrons. The third kappa shape index (κ3) is 6.43. The zero-order chi connectivity index (χ0) is 20.5. The van der Waals surface area contributed by atoms with Crippen LogP contribution < -0.4 is 10.1 Å². The molecule has 0 bridgehead atoms. The van der Waals surface area contributed by atoms with Crippen LogP contribution in [0.2, 0.25) is 0 Å². The van der Waals surface area contributed by atoms with Crippen molar-refractivity contribution in [3.63, 3.8) is 0 Å². The predicted octanol–water partition coefficient (Wildman–Crippen LogP) is 3.48. The molecule has 1 N–H and O–H groups in total. The Hall–Kier alpha value is -2.66. The maximum atomic E-state index is 12.3. The molecule has 0 aromatic heterocycles. The minimum atomic E-state index is -0.0656. The minimum absolute atomic E-state index is 0.0248. The molecule has 29 heavy (non-hydrogen) atoms. The fourth-order valence-corrected chi connectivity index (χ4v) is 3.79. The molecule has 1 saturated heterocycles. The Labute approximate surface area is 173 Å². The highest BCUT2D eigenvalue weighted by Gasteiger charge is 2.22. The summed E-state index contributed by atoms with van der Waals surface area (Å²) in [6.07, 6.45) is 3.78. The molecule has 1 unspecified atom stereocenters. The second kappa shape index (κ2) is 10.8. The zero-order valence-electron chi connectivity index (χ0n) is 17.1. The number of carbonyl (C=O) groups is 2. The molecule has 1 atom stereocenters. The van der Waals surface area contributed by atoms with Crippen LogP contribution >= 0.6 is 0 Å². The molecule has 1 amide bonds. The van der Waals surface area contributed by atoms with E-state index in [-0.39, 0.29) is 24.5 Å². The van der Waals surface area contributed by atoms with Gasteiger partial charge in [-0.25, -0.2) is 0 Å². The molecule has 0 spiro atoms. The molecule has 5 nitrogen and oxygen atoms in total. The number of nitrogens with zero attached hydrogens (tertiary/aromatic N) is 1. The van der Waals surface area contributed by atoms with E-state index in [0.29, 0.717) is 23.9 Å². The average Bonchev–Trinajstić information content (AvgIpc) is 3.30. The zero-order valence-corrected chi connectivity index (χ0v) is 17.1. The maximum absolute atomic E-state index is 12.3. The van der Waals surface area contributed by atoms with Gasteiger partial charge in [-0.1, -0.05) is 30.3 Å². The number of methoxy groups -OCH3 is 1. The second-order valence-electron chi connectivity index (χ2n) is 7.54. The quantitative estimate of drug-likeness (QED) is 0.627. The van der Waals surface area contributed by atoms with Crippen LogP contribution in [0, 0.1) is 0 Å². The van der Waals surface area contributed by atoms with E-state index in [1.807, 2.05) is 6.07 Å². The van der Waals surface area contributed by atoms with Crippen LogP contribution in [0.3, 0.4) is 0 Å². The lowest BCUT2D eigenvalue weighted by Gasteiger charge is -2.28. The normalized spacial score (nSPS) is 15.1. The van der Waals surface area contributed by atoms with Gasteiger partial charge in [0.15, 0.2) is 5.78 Å². The Morgan fingerprint density at radius 3 is 2.34 bits per heavy atom. The third-order valence-corrected chi connectivity index (χ3v) is 5.50. The van der Waals surface area contributed by atoms with E-state index in [2.05, 4.69) is 34.5 Å². The van der Waals surface area contributed by atoms with Crippen molar-refractivity contribution in [3.05, 3.63) is 65.7 Å². The van der Waals surface area contributed by atoms with Crippen LogP contribution in [0.5, 0.6) is 5.75 Å². The summed E-state index contributed by atoms with van der Waals surface area (Å²) in [5, 5.41) is 3.05. The second-order valence-corrected chi connectivity index (χ2v) is 7.54. The molecule has 2 aromatic carbocycles. The Balaban J connectivity index is 1.48. The van der Waals surface area contributed by atoms with E-state index in [1.165, 1.54) is 18.4 Å². The summed E-state index contributed by atoms with van der Waals surface area (Å²) in [4.78, 5) is 27.1. The fraction of sp³-hybridized carbons (Fsp3) is 0.417. The lowest BCUT2D eigenvalue weighted by molar-refractivity contribution is -0.121. The first-order chi connectivity index (χ1) is 14.2. The first-order valence-corrected chi connectivity index (χ1v) is 10.4. The van der Waals surface area contributed by atoms with Crippen molar-refractivity contribution in [1.82, 2.24) is 10.2 Å². The van der Waals surface area contributed by atoms with Crippen molar-refractivity contribution in [1.29, 1.82) is 0 Å². The van der Waals surface area contributed by atoms with Gasteiger partial charge in [-0.3, -0.25) is 14.5 Å². The SMILES string of the molecule is COc1ccc(C(=O)CCC(=O)NCC(Cc2ccccc2)N2CCCC2)cc1. The molecule has 1 aliphatic rings. The van der Waals surface area contributed by atoms with E-state index < -0.39 is 0 Å². The molecule has 1 aliphatic heterocycles. The van der Waals surface area contributed by atoms with Gasteiger partial charge in [0.05, 0.1) is 7.11 Å². The van der Waals surface area contributed by atoms with E-state index in [4.69, 9.17) is 4.74 Å². The minimum Gasteiger partial charge on any atom is -0.497 e. The van der Waals surface area contributed by atoms with Crippen molar-refractivity contribution in [2.24, 2.45) is 0 Å². The summed E-state index contributed by atoms with van der Waals surface area (Å²) >= 11 is 0. The average molecular weight is 395 g/mol. The van der Waals surface area contributed by atoms with Crippen LogP contribution in [-0.4, -0.2) is 49.4 Å². The number of rotatable bonds is 10. The van der Waals surface area contributed by atoms with Crippen LogP contribution in [0.15, 0.2) is 54.6 Å². The monoisotopic (exact) mass is 394 g/mol.